The van der Waals surface area contributed by atoms with Gasteiger partial charge < -0.3 is 0 Å². The molecule has 0 aromatic heterocycles. The fraction of sp³-hybridized carbons (Fsp3) is 0.111. The van der Waals surface area contributed by atoms with E-state index in [0.717, 1.165) is 22.3 Å². The third-order valence-corrected chi connectivity index (χ3v) is 5.17. The quantitative estimate of drug-likeness (QED) is 0.846. The van der Waals surface area contributed by atoms with Gasteiger partial charge >= 0.3 is 0 Å². The zero-order valence-electron chi connectivity index (χ0n) is 12.8. The third-order valence-electron chi connectivity index (χ3n) is 4.02. The normalized spacial score (nSPS) is 18.6. The number of nitrogens with zero attached hydrogens (tertiary/aromatic N) is 3. The number of benzene rings is 2. The predicted molar refractivity (Wildman–Crippen MR) is 96.3 cm³/mol. The van der Waals surface area contributed by atoms with Crippen molar-refractivity contribution in [3.8, 4) is 11.1 Å². The second kappa shape index (κ2) is 5.72. The Hall–Kier alpha value is -2.73. The number of sulfonamides is 1. The summed E-state index contributed by atoms with van der Waals surface area (Å²) in [5, 5.41) is 5.83. The van der Waals surface area contributed by atoms with E-state index in [9.17, 15) is 8.42 Å². The van der Waals surface area contributed by atoms with Gasteiger partial charge in [-0.1, -0.05) is 54.6 Å². The van der Waals surface area contributed by atoms with Crippen LogP contribution in [0.1, 0.15) is 5.56 Å². The molecule has 0 amide bonds. The molecule has 2 heterocycles. The van der Waals surface area contributed by atoms with Gasteiger partial charge in [-0.05, 0) is 22.8 Å². The second-order valence-corrected chi connectivity index (χ2v) is 7.37. The lowest BCUT2D eigenvalue weighted by Crippen LogP contribution is -2.38. The smallest absolute Gasteiger partial charge is 0.246 e. The second-order valence-electron chi connectivity index (χ2n) is 5.61. The molecule has 0 saturated heterocycles. The topological polar surface area (TPSA) is 62.1 Å². The number of amidine groups is 1. The van der Waals surface area contributed by atoms with Gasteiger partial charge in [0, 0.05) is 11.8 Å². The van der Waals surface area contributed by atoms with Crippen LogP contribution in [0.2, 0.25) is 0 Å². The lowest BCUT2D eigenvalue weighted by atomic mass is 9.99. The summed E-state index contributed by atoms with van der Waals surface area (Å²) >= 11 is 0. The lowest BCUT2D eigenvalue weighted by Gasteiger charge is -2.27. The minimum atomic E-state index is -3.41. The molecule has 0 aliphatic carbocycles. The van der Waals surface area contributed by atoms with Gasteiger partial charge in [-0.15, -0.1) is 4.40 Å². The standard InChI is InChI=1S/C18H15N3O2S/c22-24(23)13-12-21-18(20-24)17(10-11-19-21)16-8-6-15(7-9-16)14-4-2-1-3-5-14/h1-11H,12-13H2. The minimum absolute atomic E-state index is 0.00589. The van der Waals surface area contributed by atoms with E-state index < -0.39 is 10.0 Å². The van der Waals surface area contributed by atoms with Crippen LogP contribution in [0.5, 0.6) is 0 Å². The van der Waals surface area contributed by atoms with Crippen LogP contribution in [-0.2, 0) is 10.0 Å². The van der Waals surface area contributed by atoms with Crippen LogP contribution in [-0.4, -0.2) is 37.8 Å². The molecule has 2 aromatic carbocycles. The van der Waals surface area contributed by atoms with E-state index in [1.807, 2.05) is 42.5 Å². The van der Waals surface area contributed by atoms with Crippen molar-refractivity contribution in [2.75, 3.05) is 12.3 Å². The van der Waals surface area contributed by atoms with E-state index in [0.29, 0.717) is 12.4 Å². The maximum atomic E-state index is 11.8. The average Bonchev–Trinajstić information content (AvgIpc) is 2.61. The number of fused-ring (bicyclic) bond motifs is 1. The summed E-state index contributed by atoms with van der Waals surface area (Å²) in [5.74, 6) is 0.393. The molecule has 0 unspecified atom stereocenters. The first-order valence-electron chi connectivity index (χ1n) is 7.63. The van der Waals surface area contributed by atoms with E-state index in [2.05, 4.69) is 21.6 Å². The predicted octanol–water partition coefficient (Wildman–Crippen LogP) is 2.78. The summed E-state index contributed by atoms with van der Waals surface area (Å²) in [6.45, 7) is 0.330. The molecule has 0 N–H and O–H groups in total. The largest absolute Gasteiger partial charge is 0.256 e. The van der Waals surface area contributed by atoms with Gasteiger partial charge in [-0.25, -0.2) is 13.4 Å². The maximum absolute atomic E-state index is 11.8. The molecular weight excluding hydrogens is 322 g/mol. The van der Waals surface area contributed by atoms with Crippen LogP contribution in [0.15, 0.2) is 70.2 Å². The van der Waals surface area contributed by atoms with Gasteiger partial charge in [0.15, 0.2) is 5.84 Å². The van der Waals surface area contributed by atoms with Crippen molar-refractivity contribution in [3.05, 3.63) is 66.2 Å². The summed E-state index contributed by atoms with van der Waals surface area (Å²) in [7, 11) is -3.41. The third kappa shape index (κ3) is 2.76. The van der Waals surface area contributed by atoms with Gasteiger partial charge in [0.2, 0.25) is 0 Å². The van der Waals surface area contributed by atoms with Crippen LogP contribution in [0.3, 0.4) is 0 Å². The summed E-state index contributed by atoms with van der Waals surface area (Å²) < 4.78 is 27.6. The van der Waals surface area contributed by atoms with Crippen LogP contribution in [0.4, 0.5) is 0 Å². The molecule has 0 saturated carbocycles. The molecule has 120 valence electrons. The van der Waals surface area contributed by atoms with Crippen molar-refractivity contribution >= 4 is 27.6 Å². The highest BCUT2D eigenvalue weighted by Crippen LogP contribution is 2.27. The van der Waals surface area contributed by atoms with Gasteiger partial charge in [0.05, 0.1) is 12.3 Å². The highest BCUT2D eigenvalue weighted by molar-refractivity contribution is 7.90. The van der Waals surface area contributed by atoms with E-state index in [-0.39, 0.29) is 5.75 Å². The van der Waals surface area contributed by atoms with Gasteiger partial charge in [0.25, 0.3) is 10.0 Å². The first-order chi connectivity index (χ1) is 11.6. The van der Waals surface area contributed by atoms with Crippen LogP contribution in [0, 0.1) is 0 Å². The lowest BCUT2D eigenvalue weighted by molar-refractivity contribution is 0.464. The number of hydrazone groups is 1. The summed E-state index contributed by atoms with van der Waals surface area (Å²) in [4.78, 5) is 0. The fourth-order valence-electron chi connectivity index (χ4n) is 2.79. The first-order valence-corrected chi connectivity index (χ1v) is 9.24. The van der Waals surface area contributed by atoms with Crippen molar-refractivity contribution < 1.29 is 8.42 Å². The van der Waals surface area contributed by atoms with E-state index >= 15 is 0 Å². The Balaban J connectivity index is 1.72. The Labute approximate surface area is 140 Å². The van der Waals surface area contributed by atoms with Crippen LogP contribution >= 0.6 is 0 Å². The molecule has 6 heteroatoms. The molecule has 0 radical (unpaired) electrons. The summed E-state index contributed by atoms with van der Waals surface area (Å²) in [5.41, 5.74) is 3.94. The number of hydrogen-bond acceptors (Lipinski definition) is 4. The molecule has 0 spiro atoms. The molecule has 0 bridgehead atoms. The molecule has 4 rings (SSSR count). The number of allylic oxidation sites excluding steroid dienone is 1. The molecule has 0 fully saturated rings. The Morgan fingerprint density at radius 3 is 2.29 bits per heavy atom. The van der Waals surface area contributed by atoms with Gasteiger partial charge in [-0.2, -0.15) is 5.10 Å². The molecular formula is C18H15N3O2S. The Morgan fingerprint density at radius 2 is 1.54 bits per heavy atom. The van der Waals surface area contributed by atoms with Crippen molar-refractivity contribution in [2.45, 2.75) is 0 Å². The highest BCUT2D eigenvalue weighted by Gasteiger charge is 2.28. The molecule has 0 atom stereocenters. The van der Waals surface area contributed by atoms with Crippen molar-refractivity contribution in [1.29, 1.82) is 0 Å². The highest BCUT2D eigenvalue weighted by atomic mass is 32.2. The SMILES string of the molecule is O=S1(=O)CCN2N=CC=C(c3ccc(-c4ccccc4)cc3)C2=N1. The van der Waals surface area contributed by atoms with Crippen molar-refractivity contribution in [1.82, 2.24) is 5.01 Å². The zero-order valence-corrected chi connectivity index (χ0v) is 13.6. The van der Waals surface area contributed by atoms with E-state index in [4.69, 9.17) is 0 Å². The van der Waals surface area contributed by atoms with Crippen molar-refractivity contribution in [2.24, 2.45) is 9.50 Å². The molecule has 2 aromatic rings. The first kappa shape index (κ1) is 14.8. The molecule has 24 heavy (non-hydrogen) atoms. The van der Waals surface area contributed by atoms with Crippen molar-refractivity contribution in [3.63, 3.8) is 0 Å². The van der Waals surface area contributed by atoms with Crippen LogP contribution < -0.4 is 0 Å². The molecule has 2 aliphatic heterocycles. The van der Waals surface area contributed by atoms with E-state index in [1.54, 1.807) is 17.3 Å². The fourth-order valence-corrected chi connectivity index (χ4v) is 3.74. The maximum Gasteiger partial charge on any atom is 0.256 e. The average molecular weight is 337 g/mol. The minimum Gasteiger partial charge on any atom is -0.246 e. The molecule has 2 aliphatic rings. The Morgan fingerprint density at radius 1 is 0.875 bits per heavy atom. The Kier molecular flexibility index (Phi) is 3.54. The van der Waals surface area contributed by atoms with Gasteiger partial charge in [0.1, 0.15) is 0 Å². The summed E-state index contributed by atoms with van der Waals surface area (Å²) in [6.07, 6.45) is 3.48. The van der Waals surface area contributed by atoms with E-state index in [1.165, 1.54) is 0 Å². The Bertz CT molecular complexity index is 959. The molecule has 5 nitrogen and oxygen atoms in total. The van der Waals surface area contributed by atoms with Crippen LogP contribution in [0.25, 0.3) is 16.7 Å². The number of hydrogen-bond donors (Lipinski definition) is 0. The van der Waals surface area contributed by atoms with Gasteiger partial charge in [-0.3, -0.25) is 0 Å². The zero-order chi connectivity index (χ0) is 16.6. The monoisotopic (exact) mass is 337 g/mol. The number of rotatable bonds is 2. The summed E-state index contributed by atoms with van der Waals surface area (Å²) in [6, 6.07) is 18.1.